The van der Waals surface area contributed by atoms with Crippen LogP contribution >= 0.6 is 11.8 Å². The van der Waals surface area contributed by atoms with Crippen LogP contribution in [0.4, 0.5) is 10.5 Å². The number of ether oxygens (including phenoxy) is 2. The number of benzene rings is 1. The van der Waals surface area contributed by atoms with Crippen LogP contribution in [0.2, 0.25) is 0 Å². The van der Waals surface area contributed by atoms with Crippen molar-refractivity contribution in [2.45, 2.75) is 50.2 Å². The molecule has 1 aliphatic rings. The fraction of sp³-hybridized carbons (Fsp3) is 0.500. The monoisotopic (exact) mass is 419 g/mol. The number of carbonyl (C=O) groups excluding carboxylic acids is 3. The van der Waals surface area contributed by atoms with E-state index in [0.29, 0.717) is 25.1 Å². The summed E-state index contributed by atoms with van der Waals surface area (Å²) in [7, 11) is 0. The number of hydrogen-bond donors (Lipinski definition) is 1. The molecule has 2 amide bonds. The third-order valence-corrected chi connectivity index (χ3v) is 4.89. The van der Waals surface area contributed by atoms with Gasteiger partial charge in [0.2, 0.25) is 0 Å². The van der Waals surface area contributed by atoms with E-state index in [1.54, 1.807) is 45.0 Å². The Morgan fingerprint density at radius 3 is 2.72 bits per heavy atom. The summed E-state index contributed by atoms with van der Waals surface area (Å²) in [6.45, 7) is 5.21. The molecule has 1 aromatic carbocycles. The number of nitriles is 1. The highest BCUT2D eigenvalue weighted by Gasteiger charge is 2.37. The highest BCUT2D eigenvalue weighted by molar-refractivity contribution is 7.99. The Morgan fingerprint density at radius 2 is 2.03 bits per heavy atom. The second-order valence-corrected chi connectivity index (χ2v) is 8.45. The zero-order valence-electron chi connectivity index (χ0n) is 16.8. The van der Waals surface area contributed by atoms with E-state index in [0.717, 1.165) is 4.90 Å². The van der Waals surface area contributed by atoms with Gasteiger partial charge in [-0.1, -0.05) is 12.1 Å². The Hall–Kier alpha value is -2.73. The number of esters is 1. The molecular formula is C20H25N3O5S. The minimum Gasteiger partial charge on any atom is -0.454 e. The fourth-order valence-electron chi connectivity index (χ4n) is 2.78. The molecule has 0 radical (unpaired) electrons. The number of nitrogens with one attached hydrogen (secondary N) is 1. The van der Waals surface area contributed by atoms with E-state index >= 15 is 0 Å². The van der Waals surface area contributed by atoms with E-state index in [-0.39, 0.29) is 5.75 Å². The van der Waals surface area contributed by atoms with Gasteiger partial charge in [0.15, 0.2) is 6.61 Å². The smallest absolute Gasteiger partial charge is 0.411 e. The molecule has 1 aliphatic heterocycles. The summed E-state index contributed by atoms with van der Waals surface area (Å²) < 4.78 is 10.5. The van der Waals surface area contributed by atoms with Gasteiger partial charge in [0.1, 0.15) is 11.6 Å². The number of thioether (sulfide) groups is 1. The van der Waals surface area contributed by atoms with Gasteiger partial charge in [-0.05, 0) is 45.7 Å². The summed E-state index contributed by atoms with van der Waals surface area (Å²) >= 11 is 1.30. The molecule has 1 N–H and O–H groups in total. The van der Waals surface area contributed by atoms with Gasteiger partial charge in [-0.2, -0.15) is 5.26 Å². The standard InChI is InChI=1S/C20H25N3O5S/c1-20(2,3)28-19(26)23-11-6-8-15(23)18(25)27-13-17(24)22-14-7-4-5-9-16(14)29-12-10-21/h4-5,7,9,15H,6,8,11-13H2,1-3H3,(H,22,24)/t15-/m0/s1. The Morgan fingerprint density at radius 1 is 1.31 bits per heavy atom. The number of likely N-dealkylation sites (tertiary alicyclic amines) is 1. The molecule has 8 nitrogen and oxygen atoms in total. The fourth-order valence-corrected chi connectivity index (χ4v) is 3.45. The lowest BCUT2D eigenvalue weighted by atomic mass is 10.2. The zero-order valence-corrected chi connectivity index (χ0v) is 17.6. The first-order chi connectivity index (χ1) is 13.7. The summed E-state index contributed by atoms with van der Waals surface area (Å²) in [6, 6.07) is 8.35. The van der Waals surface area contributed by atoms with Crippen LogP contribution in [0.3, 0.4) is 0 Å². The summed E-state index contributed by atoms with van der Waals surface area (Å²) in [5.41, 5.74) is -0.115. The molecule has 0 unspecified atom stereocenters. The number of nitrogens with zero attached hydrogens (tertiary/aromatic N) is 2. The molecule has 1 atom stereocenters. The Bertz CT molecular complexity index is 800. The molecular weight excluding hydrogens is 394 g/mol. The minimum absolute atomic E-state index is 0.254. The van der Waals surface area contributed by atoms with Crippen LogP contribution in [0.25, 0.3) is 0 Å². The van der Waals surface area contributed by atoms with E-state index in [1.807, 2.05) is 6.07 Å². The van der Waals surface area contributed by atoms with Crippen molar-refractivity contribution in [2.75, 3.05) is 24.2 Å². The SMILES string of the molecule is CC(C)(C)OC(=O)N1CCC[C@H]1C(=O)OCC(=O)Nc1ccccc1SCC#N. The molecule has 0 saturated carbocycles. The van der Waals surface area contributed by atoms with Crippen molar-refractivity contribution >= 4 is 35.4 Å². The molecule has 1 heterocycles. The van der Waals surface area contributed by atoms with Crippen LogP contribution < -0.4 is 5.32 Å². The van der Waals surface area contributed by atoms with Crippen molar-refractivity contribution < 1.29 is 23.9 Å². The number of para-hydroxylation sites is 1. The number of amides is 2. The molecule has 156 valence electrons. The Labute approximate surface area is 174 Å². The van der Waals surface area contributed by atoms with E-state index < -0.39 is 36.2 Å². The van der Waals surface area contributed by atoms with Crippen molar-refractivity contribution in [3.05, 3.63) is 24.3 Å². The summed E-state index contributed by atoms with van der Waals surface area (Å²) in [4.78, 5) is 39.0. The predicted octanol–water partition coefficient (Wildman–Crippen LogP) is 3.18. The second kappa shape index (κ2) is 10.2. The molecule has 0 aliphatic carbocycles. The molecule has 2 rings (SSSR count). The van der Waals surface area contributed by atoms with Crippen molar-refractivity contribution in [1.82, 2.24) is 4.90 Å². The molecule has 0 bridgehead atoms. The lowest BCUT2D eigenvalue weighted by Crippen LogP contribution is -2.44. The highest BCUT2D eigenvalue weighted by atomic mass is 32.2. The lowest BCUT2D eigenvalue weighted by molar-refractivity contribution is -0.151. The quantitative estimate of drug-likeness (QED) is 0.557. The molecule has 9 heteroatoms. The van der Waals surface area contributed by atoms with E-state index in [9.17, 15) is 14.4 Å². The first kappa shape index (κ1) is 22.6. The third-order valence-electron chi connectivity index (χ3n) is 3.95. The van der Waals surface area contributed by atoms with Gasteiger partial charge in [0.25, 0.3) is 5.91 Å². The van der Waals surface area contributed by atoms with Gasteiger partial charge in [-0.25, -0.2) is 9.59 Å². The maximum absolute atomic E-state index is 12.4. The lowest BCUT2D eigenvalue weighted by Gasteiger charge is -2.27. The zero-order chi connectivity index (χ0) is 21.4. The molecule has 1 aromatic rings. The summed E-state index contributed by atoms with van der Waals surface area (Å²) in [5.74, 6) is -0.870. The molecule has 1 saturated heterocycles. The molecule has 0 spiro atoms. The normalized spacial score (nSPS) is 16.1. The average Bonchev–Trinajstić information content (AvgIpc) is 3.14. The van der Waals surface area contributed by atoms with Crippen LogP contribution in [0.15, 0.2) is 29.2 Å². The van der Waals surface area contributed by atoms with Crippen molar-refractivity contribution in [2.24, 2.45) is 0 Å². The summed E-state index contributed by atoms with van der Waals surface area (Å²) in [5, 5.41) is 11.4. The van der Waals surface area contributed by atoms with E-state index in [1.165, 1.54) is 16.7 Å². The first-order valence-corrected chi connectivity index (χ1v) is 10.2. The average molecular weight is 420 g/mol. The Kier molecular flexibility index (Phi) is 7.91. The molecule has 1 fully saturated rings. The van der Waals surface area contributed by atoms with Crippen LogP contribution in [0, 0.1) is 11.3 Å². The van der Waals surface area contributed by atoms with Crippen LogP contribution in [-0.4, -0.2) is 53.4 Å². The van der Waals surface area contributed by atoms with Crippen molar-refractivity contribution in [3.8, 4) is 6.07 Å². The first-order valence-electron chi connectivity index (χ1n) is 9.26. The van der Waals surface area contributed by atoms with Gasteiger partial charge >= 0.3 is 12.1 Å². The van der Waals surface area contributed by atoms with E-state index in [4.69, 9.17) is 14.7 Å². The Balaban J connectivity index is 1.89. The number of anilines is 1. The van der Waals surface area contributed by atoms with Gasteiger partial charge in [-0.15, -0.1) is 11.8 Å². The number of rotatable bonds is 6. The largest absolute Gasteiger partial charge is 0.454 e. The van der Waals surface area contributed by atoms with E-state index in [2.05, 4.69) is 5.32 Å². The number of carbonyl (C=O) groups is 3. The number of hydrogen-bond acceptors (Lipinski definition) is 7. The molecule has 29 heavy (non-hydrogen) atoms. The van der Waals surface area contributed by atoms with Crippen molar-refractivity contribution in [3.63, 3.8) is 0 Å². The van der Waals surface area contributed by atoms with Crippen LogP contribution in [0.5, 0.6) is 0 Å². The van der Waals surface area contributed by atoms with Gasteiger partial charge in [0, 0.05) is 11.4 Å². The summed E-state index contributed by atoms with van der Waals surface area (Å²) in [6.07, 6.45) is 0.562. The minimum atomic E-state index is -0.754. The topological polar surface area (TPSA) is 109 Å². The third kappa shape index (κ3) is 6.98. The predicted molar refractivity (Wildman–Crippen MR) is 108 cm³/mol. The second-order valence-electron chi connectivity index (χ2n) is 7.43. The molecule has 0 aromatic heterocycles. The maximum Gasteiger partial charge on any atom is 0.411 e. The van der Waals surface area contributed by atoms with Gasteiger partial charge in [-0.3, -0.25) is 9.69 Å². The van der Waals surface area contributed by atoms with Crippen LogP contribution in [-0.2, 0) is 19.1 Å². The highest BCUT2D eigenvalue weighted by Crippen LogP contribution is 2.26. The van der Waals surface area contributed by atoms with Crippen molar-refractivity contribution in [1.29, 1.82) is 5.26 Å². The van der Waals surface area contributed by atoms with Gasteiger partial charge in [0.05, 0.1) is 17.5 Å². The maximum atomic E-state index is 12.4. The van der Waals surface area contributed by atoms with Gasteiger partial charge < -0.3 is 14.8 Å². The van der Waals surface area contributed by atoms with Crippen LogP contribution in [0.1, 0.15) is 33.6 Å².